The van der Waals surface area contributed by atoms with Gasteiger partial charge in [-0.3, -0.25) is 9.32 Å². The summed E-state index contributed by atoms with van der Waals surface area (Å²) in [4.78, 5) is 10.3. The van der Waals surface area contributed by atoms with Crippen molar-refractivity contribution in [3.05, 3.63) is 0 Å². The van der Waals surface area contributed by atoms with Crippen LogP contribution >= 0.6 is 7.99 Å². The van der Waals surface area contributed by atoms with Gasteiger partial charge in [0, 0.05) is 0 Å². The van der Waals surface area contributed by atoms with Gasteiger partial charge >= 0.3 is 14.0 Å². The summed E-state index contributed by atoms with van der Waals surface area (Å²) < 4.78 is 52.7. The maximum Gasteiger partial charge on any atom is 0.552 e. The van der Waals surface area contributed by atoms with Crippen molar-refractivity contribution in [1.82, 2.24) is 0 Å². The normalized spacial score (nSPS) is 30.4. The first-order valence-corrected chi connectivity index (χ1v) is 4.30. The SMILES string of the molecule is O=C1CC(OP(=O)(F)F)C(F)O1. The first-order valence-electron chi connectivity index (χ1n) is 2.90. The molecule has 0 aromatic carbocycles. The van der Waals surface area contributed by atoms with E-state index in [-0.39, 0.29) is 0 Å². The Morgan fingerprint density at radius 3 is 2.50 bits per heavy atom. The van der Waals surface area contributed by atoms with Crippen molar-refractivity contribution in [3.8, 4) is 0 Å². The van der Waals surface area contributed by atoms with Gasteiger partial charge in [0.15, 0.2) is 0 Å². The Balaban J connectivity index is 2.54. The molecule has 1 saturated heterocycles. The highest BCUT2D eigenvalue weighted by atomic mass is 31.2. The van der Waals surface area contributed by atoms with Gasteiger partial charge < -0.3 is 4.74 Å². The molecule has 2 atom stereocenters. The predicted molar refractivity (Wildman–Crippen MR) is 30.3 cm³/mol. The van der Waals surface area contributed by atoms with Crippen LogP contribution in [-0.4, -0.2) is 18.4 Å². The molecule has 0 aromatic rings. The van der Waals surface area contributed by atoms with Gasteiger partial charge in [0.25, 0.3) is 6.36 Å². The Morgan fingerprint density at radius 1 is 1.58 bits per heavy atom. The molecule has 0 N–H and O–H groups in total. The quantitative estimate of drug-likeness (QED) is 0.507. The van der Waals surface area contributed by atoms with E-state index in [1.165, 1.54) is 0 Å². The van der Waals surface area contributed by atoms with Crippen LogP contribution in [-0.2, 0) is 18.6 Å². The number of hydrogen-bond donors (Lipinski definition) is 0. The lowest BCUT2D eigenvalue weighted by molar-refractivity contribution is -0.148. The number of alkyl halides is 1. The molecule has 2 unspecified atom stereocenters. The third-order valence-electron chi connectivity index (χ3n) is 1.16. The van der Waals surface area contributed by atoms with Gasteiger partial charge in [-0.15, -0.1) is 8.39 Å². The molecular weight excluding hydrogens is 200 g/mol. The summed E-state index contributed by atoms with van der Waals surface area (Å²) in [5.41, 5.74) is 0. The highest BCUT2D eigenvalue weighted by molar-refractivity contribution is 7.47. The smallest absolute Gasteiger partial charge is 0.428 e. The highest BCUT2D eigenvalue weighted by Crippen LogP contribution is 2.52. The zero-order chi connectivity index (χ0) is 9.35. The molecule has 1 rings (SSSR count). The molecule has 0 bridgehead atoms. The summed E-state index contributed by atoms with van der Waals surface area (Å²) in [7, 11) is -5.75. The van der Waals surface area contributed by atoms with E-state index in [9.17, 15) is 22.1 Å². The fourth-order valence-corrected chi connectivity index (χ4v) is 1.23. The van der Waals surface area contributed by atoms with Crippen LogP contribution in [0.15, 0.2) is 0 Å². The number of carbonyl (C=O) groups excluding carboxylic acids is 1. The van der Waals surface area contributed by atoms with Crippen molar-refractivity contribution >= 4 is 14.0 Å². The van der Waals surface area contributed by atoms with Gasteiger partial charge in [0.1, 0.15) is 6.10 Å². The number of cyclic esters (lactones) is 1. The van der Waals surface area contributed by atoms with E-state index >= 15 is 0 Å². The Labute approximate surface area is 65.3 Å². The third kappa shape index (κ3) is 2.49. The molecule has 12 heavy (non-hydrogen) atoms. The van der Waals surface area contributed by atoms with E-state index in [1.807, 2.05) is 0 Å². The molecule has 1 aliphatic rings. The average Bonchev–Trinajstić information content (AvgIpc) is 2.06. The minimum atomic E-state index is -5.75. The lowest BCUT2D eigenvalue weighted by atomic mass is 10.3. The van der Waals surface area contributed by atoms with Crippen LogP contribution in [0.4, 0.5) is 12.8 Å². The molecule has 0 amide bonds. The van der Waals surface area contributed by atoms with E-state index in [4.69, 9.17) is 0 Å². The van der Waals surface area contributed by atoms with Crippen LogP contribution in [0.3, 0.4) is 0 Å². The second-order valence-electron chi connectivity index (χ2n) is 2.10. The maximum atomic E-state index is 12.3. The molecule has 0 saturated carbocycles. The fourth-order valence-electron chi connectivity index (χ4n) is 0.749. The standard InChI is InChI=1S/C4H4F3O4P/c5-4-2(1-3(8)10-4)11-12(6,7)9/h2,4H,1H2. The molecule has 1 heterocycles. The Kier molecular flexibility index (Phi) is 2.44. The predicted octanol–water partition coefficient (Wildman–Crippen LogP) is 1.66. The molecule has 1 fully saturated rings. The lowest BCUT2D eigenvalue weighted by Crippen LogP contribution is -2.17. The minimum Gasteiger partial charge on any atom is -0.428 e. The van der Waals surface area contributed by atoms with Gasteiger partial charge in [0.2, 0.25) is 0 Å². The number of halogens is 3. The first-order chi connectivity index (χ1) is 5.38. The van der Waals surface area contributed by atoms with Gasteiger partial charge in [-0.2, -0.15) is 4.39 Å². The molecule has 4 nitrogen and oxygen atoms in total. The zero-order valence-corrected chi connectivity index (χ0v) is 6.47. The number of hydrogen-bond acceptors (Lipinski definition) is 4. The van der Waals surface area contributed by atoms with Crippen molar-refractivity contribution in [1.29, 1.82) is 0 Å². The minimum absolute atomic E-state index is 0.640. The van der Waals surface area contributed by atoms with Crippen molar-refractivity contribution in [2.24, 2.45) is 0 Å². The molecule has 0 spiro atoms. The Bertz CT molecular complexity index is 238. The first kappa shape index (κ1) is 9.54. The average molecular weight is 204 g/mol. The topological polar surface area (TPSA) is 52.6 Å². The summed E-state index contributed by atoms with van der Waals surface area (Å²) in [6.45, 7) is 0. The van der Waals surface area contributed by atoms with Crippen LogP contribution in [0.2, 0.25) is 0 Å². The number of esters is 1. The van der Waals surface area contributed by atoms with Gasteiger partial charge in [-0.05, 0) is 0 Å². The summed E-state index contributed by atoms with van der Waals surface area (Å²) in [5.74, 6) is -0.985. The summed E-state index contributed by atoms with van der Waals surface area (Å²) in [6.07, 6.45) is -4.64. The van der Waals surface area contributed by atoms with Gasteiger partial charge in [-0.25, -0.2) is 4.57 Å². The van der Waals surface area contributed by atoms with E-state index in [0.717, 1.165) is 0 Å². The van der Waals surface area contributed by atoms with E-state index in [1.54, 1.807) is 0 Å². The number of ether oxygens (including phenoxy) is 1. The molecular formula is C4H4F3O4P. The second kappa shape index (κ2) is 3.06. The maximum absolute atomic E-state index is 12.3. The van der Waals surface area contributed by atoms with Crippen LogP contribution < -0.4 is 0 Å². The van der Waals surface area contributed by atoms with E-state index in [2.05, 4.69) is 9.26 Å². The van der Waals surface area contributed by atoms with Crippen LogP contribution in [0.1, 0.15) is 6.42 Å². The number of carbonyl (C=O) groups is 1. The van der Waals surface area contributed by atoms with Crippen LogP contribution in [0, 0.1) is 0 Å². The molecule has 70 valence electrons. The van der Waals surface area contributed by atoms with Crippen LogP contribution in [0.5, 0.6) is 0 Å². The molecule has 0 aliphatic carbocycles. The van der Waals surface area contributed by atoms with E-state index < -0.39 is 32.8 Å². The highest BCUT2D eigenvalue weighted by Gasteiger charge is 2.41. The largest absolute Gasteiger partial charge is 0.552 e. The van der Waals surface area contributed by atoms with Gasteiger partial charge in [-0.1, -0.05) is 0 Å². The molecule has 0 aromatic heterocycles. The van der Waals surface area contributed by atoms with Crippen molar-refractivity contribution in [3.63, 3.8) is 0 Å². The summed E-state index contributed by atoms with van der Waals surface area (Å²) in [5, 5.41) is 0. The number of rotatable bonds is 2. The Morgan fingerprint density at radius 2 is 2.17 bits per heavy atom. The van der Waals surface area contributed by atoms with Crippen molar-refractivity contribution in [2.75, 3.05) is 0 Å². The third-order valence-corrected chi connectivity index (χ3v) is 1.68. The van der Waals surface area contributed by atoms with Crippen molar-refractivity contribution in [2.45, 2.75) is 18.9 Å². The van der Waals surface area contributed by atoms with Crippen molar-refractivity contribution < 1.29 is 31.4 Å². The summed E-state index contributed by atoms with van der Waals surface area (Å²) in [6, 6.07) is 0. The van der Waals surface area contributed by atoms with Crippen LogP contribution in [0.25, 0.3) is 0 Å². The lowest BCUT2D eigenvalue weighted by Gasteiger charge is -2.08. The second-order valence-corrected chi connectivity index (χ2v) is 3.14. The molecule has 1 aliphatic heterocycles. The Hall–Kier alpha value is -0.550. The zero-order valence-electron chi connectivity index (χ0n) is 5.58. The van der Waals surface area contributed by atoms with E-state index in [0.29, 0.717) is 0 Å². The summed E-state index contributed by atoms with van der Waals surface area (Å²) >= 11 is 0. The van der Waals surface area contributed by atoms with Gasteiger partial charge in [0.05, 0.1) is 6.42 Å². The molecule has 8 heteroatoms. The molecule has 0 radical (unpaired) electrons. The fraction of sp³-hybridized carbons (Fsp3) is 0.750. The monoisotopic (exact) mass is 204 g/mol.